The van der Waals surface area contributed by atoms with Gasteiger partial charge in [-0.25, -0.2) is 4.99 Å². The van der Waals surface area contributed by atoms with Gasteiger partial charge in [-0.05, 0) is 77.9 Å². The quantitative estimate of drug-likeness (QED) is 0.208. The van der Waals surface area contributed by atoms with E-state index < -0.39 is 0 Å². The molecule has 4 aromatic heterocycles. The van der Waals surface area contributed by atoms with Crippen molar-refractivity contribution in [1.29, 1.82) is 0 Å². The Hall–Kier alpha value is -6.59. The Kier molecular flexibility index (Phi) is 4.71. The lowest BCUT2D eigenvalue weighted by Crippen LogP contribution is -2.29. The lowest BCUT2D eigenvalue weighted by molar-refractivity contribution is 0.673. The number of para-hydroxylation sites is 3. The second kappa shape index (κ2) is 9.06. The molecule has 5 nitrogen and oxygen atoms in total. The van der Waals surface area contributed by atoms with E-state index in [2.05, 4.69) is 154 Å². The third-order valence-corrected chi connectivity index (χ3v) is 10.6. The predicted octanol–water partition coefficient (Wildman–Crippen LogP) is 11.3. The number of hydrogen-bond donors (Lipinski definition) is 1. The van der Waals surface area contributed by atoms with E-state index in [1.165, 1.54) is 43.7 Å². The van der Waals surface area contributed by atoms with Gasteiger partial charge in [-0.3, -0.25) is 4.40 Å². The first kappa shape index (κ1) is 25.5. The van der Waals surface area contributed by atoms with Crippen molar-refractivity contribution >= 4 is 88.2 Å². The van der Waals surface area contributed by atoms with Crippen molar-refractivity contribution in [3.8, 4) is 16.8 Å². The first-order valence-electron chi connectivity index (χ1n) is 16.8. The number of allylic oxidation sites excluding steroid dienone is 2. The first-order chi connectivity index (χ1) is 24.3. The highest BCUT2D eigenvalue weighted by atomic mass is 16.3. The molecule has 1 aliphatic heterocycles. The summed E-state index contributed by atoms with van der Waals surface area (Å²) in [5.41, 5.74) is 12.1. The van der Waals surface area contributed by atoms with Gasteiger partial charge in [0.2, 0.25) is 0 Å². The third-order valence-electron chi connectivity index (χ3n) is 10.6. The van der Waals surface area contributed by atoms with Crippen LogP contribution in [0.4, 0.5) is 11.5 Å². The molecule has 5 heteroatoms. The largest absolute Gasteiger partial charge is 0.455 e. The van der Waals surface area contributed by atoms with Gasteiger partial charge in [0.1, 0.15) is 11.2 Å². The maximum absolute atomic E-state index is 6.67. The van der Waals surface area contributed by atoms with Gasteiger partial charge in [0.15, 0.2) is 5.82 Å². The fourth-order valence-corrected chi connectivity index (χ4v) is 8.52. The van der Waals surface area contributed by atoms with E-state index in [1.54, 1.807) is 0 Å². The van der Waals surface area contributed by atoms with Crippen molar-refractivity contribution in [2.75, 3.05) is 5.32 Å². The van der Waals surface area contributed by atoms with Crippen molar-refractivity contribution in [2.24, 2.45) is 4.99 Å². The zero-order chi connectivity index (χ0) is 31.8. The van der Waals surface area contributed by atoms with E-state index in [0.29, 0.717) is 0 Å². The molecule has 1 unspecified atom stereocenters. The van der Waals surface area contributed by atoms with Crippen LogP contribution in [-0.2, 0) is 0 Å². The number of rotatable bonds is 2. The average Bonchev–Trinajstić information content (AvgIpc) is 3.89. The molecule has 2 aliphatic rings. The Labute approximate surface area is 279 Å². The van der Waals surface area contributed by atoms with E-state index in [1.807, 2.05) is 6.07 Å². The Morgan fingerprint density at radius 3 is 2.33 bits per heavy atom. The minimum absolute atomic E-state index is 0.0425. The van der Waals surface area contributed by atoms with Crippen LogP contribution in [0.2, 0.25) is 0 Å². The second-order valence-corrected chi connectivity index (χ2v) is 13.2. The molecular formula is C44H26N4O. The van der Waals surface area contributed by atoms with Crippen LogP contribution in [0.25, 0.3) is 87.8 Å². The van der Waals surface area contributed by atoms with E-state index in [0.717, 1.165) is 61.3 Å². The highest BCUT2D eigenvalue weighted by molar-refractivity contribution is 6.29. The van der Waals surface area contributed by atoms with Gasteiger partial charge in [-0.15, -0.1) is 0 Å². The SMILES string of the molecule is C1=CC2=Nc3c(c4cc(-c5ccc6c(c5)c5ccccc5n6-c5ccccc5)cc5c6c7oc8ccccc8c7ccc6n3c45)NC2C=C1. The van der Waals surface area contributed by atoms with Gasteiger partial charge in [-0.2, -0.15) is 0 Å². The van der Waals surface area contributed by atoms with E-state index in [9.17, 15) is 0 Å². The van der Waals surface area contributed by atoms with E-state index in [4.69, 9.17) is 9.41 Å². The Morgan fingerprint density at radius 1 is 0.612 bits per heavy atom. The Morgan fingerprint density at radius 2 is 1.39 bits per heavy atom. The maximum Gasteiger partial charge on any atom is 0.162 e. The molecule has 5 heterocycles. The molecule has 6 aromatic carbocycles. The average molecular weight is 627 g/mol. The molecule has 10 aromatic rings. The van der Waals surface area contributed by atoms with Crippen LogP contribution in [0, 0.1) is 0 Å². The zero-order valence-corrected chi connectivity index (χ0v) is 26.2. The number of anilines is 1. The summed E-state index contributed by atoms with van der Waals surface area (Å²) in [6.45, 7) is 0. The molecule has 12 rings (SSSR count). The second-order valence-electron chi connectivity index (χ2n) is 13.2. The van der Waals surface area contributed by atoms with Gasteiger partial charge in [0, 0.05) is 38.0 Å². The fourth-order valence-electron chi connectivity index (χ4n) is 8.52. The summed E-state index contributed by atoms with van der Waals surface area (Å²) >= 11 is 0. The van der Waals surface area contributed by atoms with Gasteiger partial charge < -0.3 is 14.3 Å². The van der Waals surface area contributed by atoms with Crippen molar-refractivity contribution in [2.45, 2.75) is 6.04 Å². The minimum Gasteiger partial charge on any atom is -0.455 e. The normalized spacial score (nSPS) is 15.7. The van der Waals surface area contributed by atoms with Crippen LogP contribution in [0.5, 0.6) is 0 Å². The summed E-state index contributed by atoms with van der Waals surface area (Å²) in [7, 11) is 0. The summed E-state index contributed by atoms with van der Waals surface area (Å²) < 4.78 is 11.4. The van der Waals surface area contributed by atoms with Gasteiger partial charge in [0.25, 0.3) is 0 Å². The first-order valence-corrected chi connectivity index (χ1v) is 16.8. The number of benzene rings is 6. The number of nitrogens with zero attached hydrogens (tertiary/aromatic N) is 3. The number of aromatic nitrogens is 2. The molecule has 0 saturated heterocycles. The lowest BCUT2D eigenvalue weighted by Gasteiger charge is -2.23. The minimum atomic E-state index is 0.0425. The predicted molar refractivity (Wildman–Crippen MR) is 203 cm³/mol. The van der Waals surface area contributed by atoms with E-state index in [-0.39, 0.29) is 6.04 Å². The summed E-state index contributed by atoms with van der Waals surface area (Å²) in [6.07, 6.45) is 8.45. The van der Waals surface area contributed by atoms with Crippen LogP contribution >= 0.6 is 0 Å². The molecule has 0 radical (unpaired) electrons. The van der Waals surface area contributed by atoms with Gasteiger partial charge >= 0.3 is 0 Å². The van der Waals surface area contributed by atoms with E-state index >= 15 is 0 Å². The van der Waals surface area contributed by atoms with Crippen molar-refractivity contribution in [1.82, 2.24) is 8.97 Å². The zero-order valence-electron chi connectivity index (χ0n) is 26.2. The molecule has 1 aliphatic carbocycles. The summed E-state index contributed by atoms with van der Waals surface area (Å²) in [6, 6.07) is 43.8. The molecule has 1 atom stereocenters. The third kappa shape index (κ3) is 3.26. The highest BCUT2D eigenvalue weighted by Gasteiger charge is 2.30. The summed E-state index contributed by atoms with van der Waals surface area (Å²) in [5.74, 6) is 0.940. The highest BCUT2D eigenvalue weighted by Crippen LogP contribution is 2.50. The number of aliphatic imine (C=N–C) groups is 1. The fraction of sp³-hybridized carbons (Fsp3) is 0.0227. The molecular weight excluding hydrogens is 601 g/mol. The van der Waals surface area contributed by atoms with Gasteiger partial charge in [0.05, 0.1) is 44.9 Å². The summed E-state index contributed by atoms with van der Waals surface area (Å²) in [4.78, 5) is 5.29. The van der Waals surface area contributed by atoms with Crippen LogP contribution in [0.1, 0.15) is 0 Å². The molecule has 0 bridgehead atoms. The van der Waals surface area contributed by atoms with Gasteiger partial charge in [-0.1, -0.05) is 78.9 Å². The van der Waals surface area contributed by atoms with Crippen LogP contribution in [0.15, 0.2) is 155 Å². The standard InChI is InChI=1S/C44H26N4O/c1-2-10-27(11-3-1)47-36-16-8-4-12-28(36)31-22-25(18-20-37(31)47)26-23-32-40-38(21-19-30-29-13-5-9-17-39(29)49-43(30)40)48-42(32)33(24-26)41-44(48)46-35-15-7-6-14-34(35)45-41/h1-24,34,45H. The van der Waals surface area contributed by atoms with Crippen LogP contribution < -0.4 is 5.32 Å². The number of fused-ring (bicyclic) bond motifs is 14. The van der Waals surface area contributed by atoms with Crippen molar-refractivity contribution in [3.63, 3.8) is 0 Å². The Balaban J connectivity index is 1.19. The number of hydrogen-bond acceptors (Lipinski definition) is 3. The molecule has 228 valence electrons. The smallest absolute Gasteiger partial charge is 0.162 e. The summed E-state index contributed by atoms with van der Waals surface area (Å²) in [5, 5.41) is 12.1. The lowest BCUT2D eigenvalue weighted by atomic mass is 9.97. The molecule has 0 spiro atoms. The number of furan rings is 1. The number of nitrogens with one attached hydrogen (secondary N) is 1. The van der Waals surface area contributed by atoms with Crippen molar-refractivity contribution < 1.29 is 4.42 Å². The maximum atomic E-state index is 6.67. The molecule has 0 amide bonds. The Bertz CT molecular complexity index is 3130. The van der Waals surface area contributed by atoms with Crippen LogP contribution in [0.3, 0.4) is 0 Å². The molecule has 0 fully saturated rings. The van der Waals surface area contributed by atoms with Crippen LogP contribution in [-0.4, -0.2) is 20.7 Å². The molecule has 1 N–H and O–H groups in total. The monoisotopic (exact) mass is 626 g/mol. The molecule has 49 heavy (non-hydrogen) atoms. The van der Waals surface area contributed by atoms with Crippen molar-refractivity contribution in [3.05, 3.63) is 146 Å². The molecule has 0 saturated carbocycles. The topological polar surface area (TPSA) is 46.9 Å².